The highest BCUT2D eigenvalue weighted by atomic mass is 35.5. The summed E-state index contributed by atoms with van der Waals surface area (Å²) in [4.78, 5) is 16.6. The first-order valence-electron chi connectivity index (χ1n) is 7.88. The highest BCUT2D eigenvalue weighted by Crippen LogP contribution is 2.35. The van der Waals surface area contributed by atoms with Gasteiger partial charge in [-0.3, -0.25) is 4.79 Å². The maximum absolute atomic E-state index is 12.2. The van der Waals surface area contributed by atoms with Crippen molar-refractivity contribution in [1.29, 1.82) is 0 Å². The van der Waals surface area contributed by atoms with Crippen molar-refractivity contribution in [1.82, 2.24) is 4.98 Å². The summed E-state index contributed by atoms with van der Waals surface area (Å²) in [6.07, 6.45) is 3.18. The molecular weight excluding hydrogens is 338 g/mol. The van der Waals surface area contributed by atoms with E-state index in [2.05, 4.69) is 4.98 Å². The maximum Gasteiger partial charge on any atom is 0.185 e. The number of carbonyl (C=O) groups is 1. The van der Waals surface area contributed by atoms with Crippen LogP contribution in [0, 0.1) is 0 Å². The molecule has 4 rings (SSSR count). The summed E-state index contributed by atoms with van der Waals surface area (Å²) in [5.41, 5.74) is 2.03. The summed E-state index contributed by atoms with van der Waals surface area (Å²) in [6.45, 7) is 1.05. The SMILES string of the molecule is O=C(/C=C/c1cc2cc3c(cc2nc1Cl)OCCO3)c1ccccc1. The molecule has 2 aromatic carbocycles. The summed E-state index contributed by atoms with van der Waals surface area (Å²) in [5, 5.41) is 1.21. The van der Waals surface area contributed by atoms with Gasteiger partial charge in [0.2, 0.25) is 0 Å². The lowest BCUT2D eigenvalue weighted by atomic mass is 10.1. The van der Waals surface area contributed by atoms with Gasteiger partial charge >= 0.3 is 0 Å². The minimum absolute atomic E-state index is 0.0843. The predicted molar refractivity (Wildman–Crippen MR) is 97.5 cm³/mol. The molecule has 0 amide bonds. The lowest BCUT2D eigenvalue weighted by molar-refractivity contribution is 0.104. The number of ketones is 1. The number of fused-ring (bicyclic) bond motifs is 2. The lowest BCUT2D eigenvalue weighted by Gasteiger charge is -2.18. The number of allylic oxidation sites excluding steroid dienone is 1. The molecule has 2 heterocycles. The van der Waals surface area contributed by atoms with Gasteiger partial charge in [-0.2, -0.15) is 0 Å². The molecule has 124 valence electrons. The first kappa shape index (κ1) is 15.7. The van der Waals surface area contributed by atoms with Crippen molar-refractivity contribution >= 4 is 34.4 Å². The molecule has 1 aromatic heterocycles. The summed E-state index contributed by atoms with van der Waals surface area (Å²) in [6, 6.07) is 14.7. The number of hydrogen-bond acceptors (Lipinski definition) is 4. The number of halogens is 1. The summed E-state index contributed by atoms with van der Waals surface area (Å²) >= 11 is 6.27. The molecule has 0 saturated heterocycles. The highest BCUT2D eigenvalue weighted by molar-refractivity contribution is 6.31. The average molecular weight is 352 g/mol. The van der Waals surface area contributed by atoms with Crippen molar-refractivity contribution in [2.24, 2.45) is 0 Å². The zero-order valence-corrected chi connectivity index (χ0v) is 14.0. The minimum atomic E-state index is -0.0843. The van der Waals surface area contributed by atoms with Gasteiger partial charge in [-0.25, -0.2) is 4.98 Å². The number of carbonyl (C=O) groups excluding carboxylic acids is 1. The fourth-order valence-corrected chi connectivity index (χ4v) is 2.89. The Balaban J connectivity index is 1.68. The number of benzene rings is 2. The number of hydrogen-bond donors (Lipinski definition) is 0. The van der Waals surface area contributed by atoms with Crippen molar-refractivity contribution in [3.05, 3.63) is 70.9 Å². The van der Waals surface area contributed by atoms with Gasteiger partial charge in [0.15, 0.2) is 17.3 Å². The topological polar surface area (TPSA) is 48.4 Å². The Morgan fingerprint density at radius 3 is 2.52 bits per heavy atom. The molecule has 0 unspecified atom stereocenters. The quantitative estimate of drug-likeness (QED) is 0.394. The van der Waals surface area contributed by atoms with Gasteiger partial charge in [-0.05, 0) is 24.3 Å². The van der Waals surface area contributed by atoms with Crippen LogP contribution in [0.25, 0.3) is 17.0 Å². The zero-order valence-electron chi connectivity index (χ0n) is 13.2. The van der Waals surface area contributed by atoms with Gasteiger partial charge < -0.3 is 9.47 Å². The maximum atomic E-state index is 12.2. The monoisotopic (exact) mass is 351 g/mol. The summed E-state index contributed by atoms with van der Waals surface area (Å²) < 4.78 is 11.2. The van der Waals surface area contributed by atoms with Crippen LogP contribution in [0.2, 0.25) is 5.15 Å². The molecule has 0 radical (unpaired) electrons. The molecule has 0 spiro atoms. The van der Waals surface area contributed by atoms with Gasteiger partial charge in [0, 0.05) is 22.6 Å². The molecule has 0 saturated carbocycles. The molecule has 0 fully saturated rings. The van der Waals surface area contributed by atoms with E-state index in [1.807, 2.05) is 36.4 Å². The Labute approximate surface area is 149 Å². The van der Waals surface area contributed by atoms with E-state index in [1.54, 1.807) is 18.2 Å². The van der Waals surface area contributed by atoms with Gasteiger partial charge in [0.1, 0.15) is 18.4 Å². The van der Waals surface area contributed by atoms with E-state index in [0.29, 0.717) is 41.0 Å². The van der Waals surface area contributed by atoms with E-state index in [1.165, 1.54) is 6.08 Å². The van der Waals surface area contributed by atoms with Crippen LogP contribution in [0.5, 0.6) is 11.5 Å². The van der Waals surface area contributed by atoms with Gasteiger partial charge in [0.25, 0.3) is 0 Å². The number of ether oxygens (including phenoxy) is 2. The smallest absolute Gasteiger partial charge is 0.185 e. The Morgan fingerprint density at radius 1 is 1.04 bits per heavy atom. The van der Waals surface area contributed by atoms with Gasteiger partial charge in [-0.15, -0.1) is 0 Å². The molecule has 1 aliphatic heterocycles. The number of nitrogens with zero attached hydrogens (tertiary/aromatic N) is 1. The fraction of sp³-hybridized carbons (Fsp3) is 0.100. The number of aromatic nitrogens is 1. The molecular formula is C20H14ClNO3. The van der Waals surface area contributed by atoms with Crippen LogP contribution in [0.4, 0.5) is 0 Å². The van der Waals surface area contributed by atoms with Crippen LogP contribution >= 0.6 is 11.6 Å². The van der Waals surface area contributed by atoms with E-state index in [-0.39, 0.29) is 5.78 Å². The van der Waals surface area contributed by atoms with Crippen molar-refractivity contribution in [2.45, 2.75) is 0 Å². The molecule has 1 aliphatic rings. The number of pyridine rings is 1. The van der Waals surface area contributed by atoms with Crippen LogP contribution in [0.1, 0.15) is 15.9 Å². The first-order chi connectivity index (χ1) is 12.2. The molecule has 0 aliphatic carbocycles. The Hall–Kier alpha value is -2.85. The van der Waals surface area contributed by atoms with Crippen molar-refractivity contribution in [3.8, 4) is 11.5 Å². The Bertz CT molecular complexity index is 983. The standard InChI is InChI=1S/C20H14ClNO3/c21-20-14(6-7-17(23)13-4-2-1-3-5-13)10-15-11-18-19(12-16(15)22-20)25-9-8-24-18/h1-7,10-12H,8-9H2/b7-6+. The second-order valence-electron chi connectivity index (χ2n) is 5.62. The van der Waals surface area contributed by atoms with E-state index < -0.39 is 0 Å². The van der Waals surface area contributed by atoms with Crippen LogP contribution < -0.4 is 9.47 Å². The second-order valence-corrected chi connectivity index (χ2v) is 5.98. The third-order valence-electron chi connectivity index (χ3n) is 3.93. The summed E-state index contributed by atoms with van der Waals surface area (Å²) in [7, 11) is 0. The van der Waals surface area contributed by atoms with Crippen molar-refractivity contribution < 1.29 is 14.3 Å². The van der Waals surface area contributed by atoms with Crippen LogP contribution in [-0.2, 0) is 0 Å². The third-order valence-corrected chi connectivity index (χ3v) is 4.23. The average Bonchev–Trinajstić information content (AvgIpc) is 2.65. The molecule has 4 nitrogen and oxygen atoms in total. The van der Waals surface area contributed by atoms with Crippen molar-refractivity contribution in [3.63, 3.8) is 0 Å². The lowest BCUT2D eigenvalue weighted by Crippen LogP contribution is -2.15. The highest BCUT2D eigenvalue weighted by Gasteiger charge is 2.14. The number of rotatable bonds is 3. The zero-order chi connectivity index (χ0) is 17.2. The van der Waals surface area contributed by atoms with E-state index in [0.717, 1.165) is 10.9 Å². The Morgan fingerprint density at radius 2 is 1.76 bits per heavy atom. The Kier molecular flexibility index (Phi) is 4.12. The van der Waals surface area contributed by atoms with E-state index in [4.69, 9.17) is 21.1 Å². The van der Waals surface area contributed by atoms with Gasteiger partial charge in [0.05, 0.1) is 5.52 Å². The molecule has 25 heavy (non-hydrogen) atoms. The van der Waals surface area contributed by atoms with Crippen molar-refractivity contribution in [2.75, 3.05) is 13.2 Å². The normalized spacial score (nSPS) is 13.3. The molecule has 0 N–H and O–H groups in total. The van der Waals surface area contributed by atoms with Crippen LogP contribution in [0.15, 0.2) is 54.6 Å². The first-order valence-corrected chi connectivity index (χ1v) is 8.26. The second kappa shape index (κ2) is 6.57. The molecule has 0 atom stereocenters. The van der Waals surface area contributed by atoms with E-state index in [9.17, 15) is 4.79 Å². The van der Waals surface area contributed by atoms with Crippen LogP contribution in [-0.4, -0.2) is 24.0 Å². The third kappa shape index (κ3) is 3.21. The predicted octanol–water partition coefficient (Wildman–Crippen LogP) is 4.56. The van der Waals surface area contributed by atoms with Crippen LogP contribution in [0.3, 0.4) is 0 Å². The fourth-order valence-electron chi connectivity index (χ4n) is 2.68. The van der Waals surface area contributed by atoms with E-state index >= 15 is 0 Å². The van der Waals surface area contributed by atoms with Gasteiger partial charge in [-0.1, -0.05) is 41.9 Å². The summed E-state index contributed by atoms with van der Waals surface area (Å²) in [5.74, 6) is 1.28. The molecule has 0 bridgehead atoms. The molecule has 3 aromatic rings. The minimum Gasteiger partial charge on any atom is -0.486 e. The largest absolute Gasteiger partial charge is 0.486 e. The molecule has 5 heteroatoms.